The molecule has 4 heteroatoms. The zero-order valence-electron chi connectivity index (χ0n) is 8.77. The van der Waals surface area contributed by atoms with E-state index in [0.29, 0.717) is 21.7 Å². The number of nitrogen functional groups attached to an aromatic ring is 1. The highest BCUT2D eigenvalue weighted by Crippen LogP contribution is 2.29. The molecule has 2 rings (SSSR count). The summed E-state index contributed by atoms with van der Waals surface area (Å²) in [5.41, 5.74) is 8.10. The molecule has 0 aliphatic heterocycles. The summed E-state index contributed by atoms with van der Waals surface area (Å²) in [5, 5.41) is 10.1. The van der Waals surface area contributed by atoms with Gasteiger partial charge in [-0.25, -0.2) is 0 Å². The van der Waals surface area contributed by atoms with Gasteiger partial charge >= 0.3 is 0 Å². The van der Waals surface area contributed by atoms with Crippen LogP contribution in [0.1, 0.15) is 23.0 Å². The van der Waals surface area contributed by atoms with E-state index in [-0.39, 0.29) is 0 Å². The van der Waals surface area contributed by atoms with Crippen LogP contribution in [0.2, 0.25) is 0 Å². The van der Waals surface area contributed by atoms with Gasteiger partial charge in [0.15, 0.2) is 4.67 Å². The molecular weight excluding hydrogens is 270 g/mol. The van der Waals surface area contributed by atoms with Gasteiger partial charge in [0.2, 0.25) is 0 Å². The number of hydrogen-bond donors (Lipinski definition) is 2. The summed E-state index contributed by atoms with van der Waals surface area (Å²) in [6, 6.07) is 9.01. The van der Waals surface area contributed by atoms with Gasteiger partial charge in [-0.05, 0) is 41.1 Å². The summed E-state index contributed by atoms with van der Waals surface area (Å²) < 4.78 is 5.90. The maximum Gasteiger partial charge on any atom is 0.169 e. The summed E-state index contributed by atoms with van der Waals surface area (Å²) in [5.74, 6) is 0.476. The number of benzene rings is 1. The van der Waals surface area contributed by atoms with Gasteiger partial charge in [-0.1, -0.05) is 17.7 Å². The molecule has 0 amide bonds. The third kappa shape index (κ3) is 2.13. The molecule has 16 heavy (non-hydrogen) atoms. The van der Waals surface area contributed by atoms with Crippen molar-refractivity contribution in [3.05, 3.63) is 51.9 Å². The Balaban J connectivity index is 2.40. The molecule has 2 aromatic rings. The zero-order valence-corrected chi connectivity index (χ0v) is 10.4. The molecule has 1 unspecified atom stereocenters. The van der Waals surface area contributed by atoms with E-state index in [4.69, 9.17) is 10.2 Å². The van der Waals surface area contributed by atoms with Gasteiger partial charge in [-0.15, -0.1) is 0 Å². The second kappa shape index (κ2) is 4.31. The SMILES string of the molecule is Cc1ccc(N)c(C(O)c2ccc(Br)o2)c1. The van der Waals surface area contributed by atoms with E-state index in [2.05, 4.69) is 15.9 Å². The number of aliphatic hydroxyl groups excluding tert-OH is 1. The fraction of sp³-hybridized carbons (Fsp3) is 0.167. The first-order chi connectivity index (χ1) is 7.58. The van der Waals surface area contributed by atoms with Crippen LogP contribution in [-0.2, 0) is 0 Å². The molecule has 0 radical (unpaired) electrons. The second-order valence-corrected chi connectivity index (χ2v) is 4.46. The van der Waals surface area contributed by atoms with Crippen LogP contribution in [0.4, 0.5) is 5.69 Å². The normalized spacial score (nSPS) is 12.7. The van der Waals surface area contributed by atoms with Crippen molar-refractivity contribution in [2.75, 3.05) is 5.73 Å². The highest BCUT2D eigenvalue weighted by molar-refractivity contribution is 9.10. The lowest BCUT2D eigenvalue weighted by atomic mass is 10.0. The molecule has 1 aromatic carbocycles. The van der Waals surface area contributed by atoms with Crippen LogP contribution in [0.25, 0.3) is 0 Å². The molecule has 0 aliphatic carbocycles. The summed E-state index contributed by atoms with van der Waals surface area (Å²) in [7, 11) is 0. The molecule has 1 heterocycles. The molecule has 0 aliphatic rings. The lowest BCUT2D eigenvalue weighted by Gasteiger charge is -2.11. The number of anilines is 1. The fourth-order valence-electron chi connectivity index (χ4n) is 1.56. The molecule has 0 fully saturated rings. The van der Waals surface area contributed by atoms with E-state index in [0.717, 1.165) is 5.56 Å². The van der Waals surface area contributed by atoms with Gasteiger partial charge in [0.25, 0.3) is 0 Å². The minimum atomic E-state index is -0.828. The lowest BCUT2D eigenvalue weighted by Crippen LogP contribution is -2.03. The third-order valence-electron chi connectivity index (χ3n) is 2.40. The van der Waals surface area contributed by atoms with Gasteiger partial charge in [-0.2, -0.15) is 0 Å². The van der Waals surface area contributed by atoms with Crippen LogP contribution in [0.5, 0.6) is 0 Å². The number of nitrogens with two attached hydrogens (primary N) is 1. The molecule has 1 aromatic heterocycles. The van der Waals surface area contributed by atoms with Crippen LogP contribution >= 0.6 is 15.9 Å². The molecule has 0 saturated carbocycles. The van der Waals surface area contributed by atoms with Gasteiger partial charge in [0.1, 0.15) is 11.9 Å². The molecule has 3 N–H and O–H groups in total. The zero-order chi connectivity index (χ0) is 11.7. The van der Waals surface area contributed by atoms with Crippen molar-refractivity contribution >= 4 is 21.6 Å². The van der Waals surface area contributed by atoms with E-state index >= 15 is 0 Å². The quantitative estimate of drug-likeness (QED) is 0.832. The van der Waals surface area contributed by atoms with Crippen molar-refractivity contribution in [3.63, 3.8) is 0 Å². The van der Waals surface area contributed by atoms with Crippen molar-refractivity contribution in [1.29, 1.82) is 0 Å². The highest BCUT2D eigenvalue weighted by Gasteiger charge is 2.16. The first-order valence-corrected chi connectivity index (χ1v) is 5.66. The van der Waals surface area contributed by atoms with Gasteiger partial charge < -0.3 is 15.3 Å². The van der Waals surface area contributed by atoms with Crippen molar-refractivity contribution in [3.8, 4) is 0 Å². The summed E-state index contributed by atoms with van der Waals surface area (Å²) in [6.45, 7) is 1.95. The smallest absolute Gasteiger partial charge is 0.169 e. The van der Waals surface area contributed by atoms with Gasteiger partial charge in [0.05, 0.1) is 0 Å². The number of furan rings is 1. The second-order valence-electron chi connectivity index (χ2n) is 3.68. The minimum Gasteiger partial charge on any atom is -0.451 e. The Morgan fingerprint density at radius 2 is 2.06 bits per heavy atom. The maximum absolute atomic E-state index is 10.1. The predicted molar refractivity (Wildman–Crippen MR) is 66.1 cm³/mol. The minimum absolute atomic E-state index is 0.476. The number of rotatable bonds is 2. The largest absolute Gasteiger partial charge is 0.451 e. The molecular formula is C12H12BrNO2. The van der Waals surface area contributed by atoms with Crippen LogP contribution in [0, 0.1) is 6.92 Å². The van der Waals surface area contributed by atoms with Crippen LogP contribution in [0.3, 0.4) is 0 Å². The number of aryl methyl sites for hydroxylation is 1. The average molecular weight is 282 g/mol. The molecule has 0 saturated heterocycles. The van der Waals surface area contributed by atoms with Crippen LogP contribution < -0.4 is 5.73 Å². The molecule has 3 nitrogen and oxygen atoms in total. The van der Waals surface area contributed by atoms with Gasteiger partial charge in [0, 0.05) is 11.3 Å². The van der Waals surface area contributed by atoms with Crippen molar-refractivity contribution < 1.29 is 9.52 Å². The molecule has 1 atom stereocenters. The lowest BCUT2D eigenvalue weighted by molar-refractivity contribution is 0.188. The monoisotopic (exact) mass is 281 g/mol. The summed E-state index contributed by atoms with van der Waals surface area (Å²) in [6.07, 6.45) is -0.828. The Labute approximate surface area is 102 Å². The van der Waals surface area contributed by atoms with Crippen LogP contribution in [0.15, 0.2) is 39.4 Å². The van der Waals surface area contributed by atoms with E-state index in [1.54, 1.807) is 18.2 Å². The first kappa shape index (κ1) is 11.2. The van der Waals surface area contributed by atoms with Crippen molar-refractivity contribution in [2.45, 2.75) is 13.0 Å². The van der Waals surface area contributed by atoms with Gasteiger partial charge in [-0.3, -0.25) is 0 Å². The van der Waals surface area contributed by atoms with E-state index in [9.17, 15) is 5.11 Å². The molecule has 0 spiro atoms. The Hall–Kier alpha value is -1.26. The Kier molecular flexibility index (Phi) is 3.03. The third-order valence-corrected chi connectivity index (χ3v) is 2.83. The topological polar surface area (TPSA) is 59.4 Å². The molecule has 0 bridgehead atoms. The highest BCUT2D eigenvalue weighted by atomic mass is 79.9. The Morgan fingerprint density at radius 1 is 1.31 bits per heavy atom. The van der Waals surface area contributed by atoms with E-state index in [1.807, 2.05) is 19.1 Å². The average Bonchev–Trinajstić information content (AvgIpc) is 2.67. The van der Waals surface area contributed by atoms with Crippen molar-refractivity contribution in [1.82, 2.24) is 0 Å². The fourth-order valence-corrected chi connectivity index (χ4v) is 1.88. The summed E-state index contributed by atoms with van der Waals surface area (Å²) >= 11 is 3.20. The predicted octanol–water partition coefficient (Wildman–Crippen LogP) is 3.01. The standard InChI is InChI=1S/C12H12BrNO2/c1-7-2-3-9(14)8(6-7)12(15)10-4-5-11(13)16-10/h2-6,12,15H,14H2,1H3. The molecule has 84 valence electrons. The van der Waals surface area contributed by atoms with Crippen LogP contribution in [-0.4, -0.2) is 5.11 Å². The maximum atomic E-state index is 10.1. The van der Waals surface area contributed by atoms with E-state index in [1.165, 1.54) is 0 Å². The van der Waals surface area contributed by atoms with E-state index < -0.39 is 6.10 Å². The number of hydrogen-bond acceptors (Lipinski definition) is 3. The van der Waals surface area contributed by atoms with Crippen molar-refractivity contribution in [2.24, 2.45) is 0 Å². The summed E-state index contributed by atoms with van der Waals surface area (Å²) in [4.78, 5) is 0. The number of aliphatic hydroxyl groups is 1. The first-order valence-electron chi connectivity index (χ1n) is 4.87. The Morgan fingerprint density at radius 3 is 2.69 bits per heavy atom. The Bertz CT molecular complexity index is 507. The number of halogens is 1.